The number of anilines is 1. The highest BCUT2D eigenvalue weighted by atomic mass is 32.1. The number of methoxy groups -OCH3 is 1. The summed E-state index contributed by atoms with van der Waals surface area (Å²) in [5, 5.41) is 0.582. The number of rotatable bonds is 3. The lowest BCUT2D eigenvalue weighted by Crippen LogP contribution is -2.48. The summed E-state index contributed by atoms with van der Waals surface area (Å²) < 4.78 is 6.26. The number of piperazine rings is 1. The van der Waals surface area contributed by atoms with Crippen LogP contribution in [0.1, 0.15) is 9.80 Å². The van der Waals surface area contributed by atoms with E-state index in [0.29, 0.717) is 18.1 Å². The van der Waals surface area contributed by atoms with Crippen molar-refractivity contribution >= 4 is 33.1 Å². The molecule has 0 spiro atoms. The zero-order valence-corrected chi connectivity index (χ0v) is 14.8. The number of fused-ring (bicyclic) bond motifs is 1. The predicted molar refractivity (Wildman–Crippen MR) is 101 cm³/mol. The van der Waals surface area contributed by atoms with E-state index < -0.39 is 0 Å². The molecule has 0 atom stereocenters. The van der Waals surface area contributed by atoms with Crippen molar-refractivity contribution in [3.05, 3.63) is 53.5 Å². The van der Waals surface area contributed by atoms with Crippen molar-refractivity contribution in [1.29, 1.82) is 0 Å². The molecule has 4 rings (SSSR count). The van der Waals surface area contributed by atoms with Crippen LogP contribution in [0.2, 0.25) is 0 Å². The van der Waals surface area contributed by atoms with Gasteiger partial charge in [-0.2, -0.15) is 0 Å². The molecule has 25 heavy (non-hydrogen) atoms. The van der Waals surface area contributed by atoms with Gasteiger partial charge in [-0.05, 0) is 36.4 Å². The second kappa shape index (κ2) is 6.72. The Bertz CT molecular complexity index is 850. The molecule has 5 nitrogen and oxygen atoms in total. The largest absolute Gasteiger partial charge is 0.497 e. The van der Waals surface area contributed by atoms with Gasteiger partial charge >= 0.3 is 0 Å². The Morgan fingerprint density at radius 3 is 2.44 bits per heavy atom. The van der Waals surface area contributed by atoms with Gasteiger partial charge in [-0.15, -0.1) is 11.3 Å². The van der Waals surface area contributed by atoms with E-state index in [1.807, 2.05) is 41.3 Å². The number of thiazole rings is 1. The van der Waals surface area contributed by atoms with Crippen molar-refractivity contribution in [2.45, 2.75) is 0 Å². The van der Waals surface area contributed by atoms with Gasteiger partial charge in [-0.3, -0.25) is 4.79 Å². The SMILES string of the molecule is COc1ccc(N2CCN(C(=O)c3nc4ccccc4s3)CC2)cc1. The van der Waals surface area contributed by atoms with E-state index in [1.165, 1.54) is 11.3 Å². The molecule has 1 amide bonds. The lowest BCUT2D eigenvalue weighted by molar-refractivity contribution is 0.0746. The second-order valence-electron chi connectivity index (χ2n) is 5.96. The molecular weight excluding hydrogens is 334 g/mol. The first-order valence-corrected chi connectivity index (χ1v) is 9.10. The van der Waals surface area contributed by atoms with E-state index in [2.05, 4.69) is 22.0 Å². The van der Waals surface area contributed by atoms with E-state index in [9.17, 15) is 4.79 Å². The van der Waals surface area contributed by atoms with E-state index in [4.69, 9.17) is 4.74 Å². The Morgan fingerprint density at radius 2 is 1.76 bits per heavy atom. The Labute approximate surface area is 150 Å². The molecule has 0 unspecified atom stereocenters. The third kappa shape index (κ3) is 3.17. The van der Waals surface area contributed by atoms with Crippen LogP contribution in [0.4, 0.5) is 5.69 Å². The molecule has 1 aromatic heterocycles. The van der Waals surface area contributed by atoms with Crippen LogP contribution in [0.5, 0.6) is 5.75 Å². The van der Waals surface area contributed by atoms with Crippen LogP contribution in [0.3, 0.4) is 0 Å². The smallest absolute Gasteiger partial charge is 0.282 e. The third-order valence-corrected chi connectivity index (χ3v) is 5.51. The predicted octanol–water partition coefficient (Wildman–Crippen LogP) is 3.27. The molecule has 1 saturated heterocycles. The number of ether oxygens (including phenoxy) is 1. The molecule has 3 aromatic rings. The van der Waals surface area contributed by atoms with Crippen LogP contribution >= 0.6 is 11.3 Å². The quantitative estimate of drug-likeness (QED) is 0.725. The first kappa shape index (κ1) is 15.9. The molecule has 0 radical (unpaired) electrons. The summed E-state index contributed by atoms with van der Waals surface area (Å²) >= 11 is 1.47. The third-order valence-electron chi connectivity index (χ3n) is 4.48. The fraction of sp³-hybridized carbons (Fsp3) is 0.263. The molecule has 1 aliphatic rings. The number of carbonyl (C=O) groups excluding carboxylic acids is 1. The zero-order chi connectivity index (χ0) is 17.2. The first-order valence-electron chi connectivity index (χ1n) is 8.28. The minimum Gasteiger partial charge on any atom is -0.497 e. The van der Waals surface area contributed by atoms with Gasteiger partial charge in [-0.25, -0.2) is 4.98 Å². The summed E-state index contributed by atoms with van der Waals surface area (Å²) in [6.07, 6.45) is 0. The standard InChI is InChI=1S/C19H19N3O2S/c1-24-15-8-6-14(7-9-15)21-10-12-22(13-11-21)19(23)18-20-16-4-2-3-5-17(16)25-18/h2-9H,10-13H2,1H3. The van der Waals surface area contributed by atoms with Crippen molar-refractivity contribution in [2.75, 3.05) is 38.2 Å². The summed E-state index contributed by atoms with van der Waals surface area (Å²) in [6, 6.07) is 15.9. The second-order valence-corrected chi connectivity index (χ2v) is 6.99. The maximum Gasteiger partial charge on any atom is 0.282 e. The first-order chi connectivity index (χ1) is 12.2. The fourth-order valence-electron chi connectivity index (χ4n) is 3.06. The maximum absolute atomic E-state index is 12.7. The van der Waals surface area contributed by atoms with Crippen LogP contribution in [-0.4, -0.2) is 49.1 Å². The fourth-order valence-corrected chi connectivity index (χ4v) is 3.99. The lowest BCUT2D eigenvalue weighted by atomic mass is 10.2. The van der Waals surface area contributed by atoms with Gasteiger partial charge in [0.25, 0.3) is 5.91 Å². The number of hydrogen-bond acceptors (Lipinski definition) is 5. The lowest BCUT2D eigenvalue weighted by Gasteiger charge is -2.35. The average molecular weight is 353 g/mol. The van der Waals surface area contributed by atoms with Gasteiger partial charge in [0.05, 0.1) is 17.3 Å². The molecule has 6 heteroatoms. The number of aromatic nitrogens is 1. The average Bonchev–Trinajstić information content (AvgIpc) is 3.12. The molecular formula is C19H19N3O2S. The Hall–Kier alpha value is -2.60. The summed E-state index contributed by atoms with van der Waals surface area (Å²) in [5.74, 6) is 0.893. The molecule has 128 valence electrons. The summed E-state index contributed by atoms with van der Waals surface area (Å²) in [7, 11) is 1.67. The highest BCUT2D eigenvalue weighted by molar-refractivity contribution is 7.20. The molecule has 1 aliphatic heterocycles. The highest BCUT2D eigenvalue weighted by Crippen LogP contribution is 2.24. The van der Waals surface area contributed by atoms with Crippen LogP contribution in [0.25, 0.3) is 10.2 Å². The molecule has 2 heterocycles. The van der Waals surface area contributed by atoms with Crippen LogP contribution < -0.4 is 9.64 Å². The number of benzene rings is 2. The van der Waals surface area contributed by atoms with Crippen molar-refractivity contribution in [1.82, 2.24) is 9.88 Å². The number of hydrogen-bond donors (Lipinski definition) is 0. The van der Waals surface area contributed by atoms with E-state index in [-0.39, 0.29) is 5.91 Å². The minimum absolute atomic E-state index is 0.0376. The molecule has 0 N–H and O–H groups in total. The summed E-state index contributed by atoms with van der Waals surface area (Å²) in [5.41, 5.74) is 2.06. The number of nitrogens with zero attached hydrogens (tertiary/aromatic N) is 3. The van der Waals surface area contributed by atoms with E-state index in [0.717, 1.165) is 34.7 Å². The van der Waals surface area contributed by atoms with Crippen molar-refractivity contribution in [3.8, 4) is 5.75 Å². The van der Waals surface area contributed by atoms with Crippen LogP contribution in [0.15, 0.2) is 48.5 Å². The molecule has 2 aromatic carbocycles. The van der Waals surface area contributed by atoms with Crippen LogP contribution in [0, 0.1) is 0 Å². The van der Waals surface area contributed by atoms with Crippen LogP contribution in [-0.2, 0) is 0 Å². The van der Waals surface area contributed by atoms with Gasteiger partial charge in [0.2, 0.25) is 0 Å². The van der Waals surface area contributed by atoms with Gasteiger partial charge in [0.1, 0.15) is 5.75 Å². The zero-order valence-electron chi connectivity index (χ0n) is 14.0. The van der Waals surface area contributed by atoms with Crippen molar-refractivity contribution in [3.63, 3.8) is 0 Å². The monoisotopic (exact) mass is 353 g/mol. The summed E-state index contributed by atoms with van der Waals surface area (Å²) in [6.45, 7) is 3.06. The Balaban J connectivity index is 1.43. The summed E-state index contributed by atoms with van der Waals surface area (Å²) in [4.78, 5) is 21.4. The molecule has 1 fully saturated rings. The van der Waals surface area contributed by atoms with E-state index in [1.54, 1.807) is 7.11 Å². The van der Waals surface area contributed by atoms with E-state index >= 15 is 0 Å². The highest BCUT2D eigenvalue weighted by Gasteiger charge is 2.24. The van der Waals surface area contributed by atoms with Gasteiger partial charge in [0, 0.05) is 31.9 Å². The number of carbonyl (C=O) groups is 1. The van der Waals surface area contributed by atoms with Crippen molar-refractivity contribution < 1.29 is 9.53 Å². The van der Waals surface area contributed by atoms with Gasteiger partial charge < -0.3 is 14.5 Å². The minimum atomic E-state index is 0.0376. The molecule has 0 aliphatic carbocycles. The molecule has 0 saturated carbocycles. The maximum atomic E-state index is 12.7. The number of para-hydroxylation sites is 1. The molecule has 0 bridgehead atoms. The Kier molecular flexibility index (Phi) is 4.28. The van der Waals surface area contributed by atoms with Crippen molar-refractivity contribution in [2.24, 2.45) is 0 Å². The Morgan fingerprint density at radius 1 is 1.04 bits per heavy atom. The van der Waals surface area contributed by atoms with Gasteiger partial charge in [-0.1, -0.05) is 12.1 Å². The topological polar surface area (TPSA) is 45.7 Å². The normalized spacial score (nSPS) is 14.8. The number of amides is 1. The van der Waals surface area contributed by atoms with Gasteiger partial charge in [0.15, 0.2) is 5.01 Å².